The van der Waals surface area contributed by atoms with Gasteiger partial charge in [-0.2, -0.15) is 0 Å². The van der Waals surface area contributed by atoms with E-state index in [1.165, 1.54) is 6.26 Å². The summed E-state index contributed by atoms with van der Waals surface area (Å²) in [5.74, 6) is -1.09. The quantitative estimate of drug-likeness (QED) is 0.785. The molecule has 0 aliphatic carbocycles. The molecule has 0 radical (unpaired) electrons. The smallest absolute Gasteiger partial charge is 0.306 e. The van der Waals surface area contributed by atoms with Crippen LogP contribution in [0.2, 0.25) is 0 Å². The Hall–Kier alpha value is -1.89. The predicted octanol–water partition coefficient (Wildman–Crippen LogP) is 0.0874. The molecule has 1 aromatic rings. The van der Waals surface area contributed by atoms with Crippen molar-refractivity contribution in [3.8, 4) is 0 Å². The van der Waals surface area contributed by atoms with E-state index in [4.69, 9.17) is 5.11 Å². The molecule has 7 nitrogen and oxygen atoms in total. The number of hydrogen-bond donors (Lipinski definition) is 2. The predicted molar refractivity (Wildman–Crippen MR) is 65.1 cm³/mol. The van der Waals surface area contributed by atoms with Gasteiger partial charge in [0.1, 0.15) is 6.26 Å². The number of carbonyl (C=O) groups is 2. The van der Waals surface area contributed by atoms with Gasteiger partial charge in [-0.1, -0.05) is 5.16 Å². The third kappa shape index (κ3) is 3.78. The lowest BCUT2D eigenvalue weighted by Gasteiger charge is -2.30. The number of piperidine rings is 1. The molecule has 0 atom stereocenters. The highest BCUT2D eigenvalue weighted by atomic mass is 16.5. The Kier molecular flexibility index (Phi) is 4.51. The Morgan fingerprint density at radius 2 is 2.21 bits per heavy atom. The van der Waals surface area contributed by atoms with Crippen LogP contribution in [-0.2, 0) is 16.1 Å². The number of hydrogen-bond acceptors (Lipinski definition) is 5. The van der Waals surface area contributed by atoms with Crippen molar-refractivity contribution in [2.24, 2.45) is 5.92 Å². The van der Waals surface area contributed by atoms with Crippen LogP contribution in [0.1, 0.15) is 18.5 Å². The second-order valence-corrected chi connectivity index (χ2v) is 4.59. The van der Waals surface area contributed by atoms with Crippen LogP contribution in [0.15, 0.2) is 16.9 Å². The van der Waals surface area contributed by atoms with E-state index in [0.29, 0.717) is 32.5 Å². The van der Waals surface area contributed by atoms with Gasteiger partial charge in [0, 0.05) is 25.7 Å². The van der Waals surface area contributed by atoms with E-state index in [1.807, 2.05) is 0 Å². The van der Waals surface area contributed by atoms with Crippen LogP contribution in [0.5, 0.6) is 0 Å². The largest absolute Gasteiger partial charge is 0.481 e. The Bertz CT molecular complexity index is 424. The zero-order chi connectivity index (χ0) is 13.7. The molecule has 1 aliphatic heterocycles. The number of carboxylic acid groups (broad SMARTS) is 1. The number of rotatable bonds is 5. The monoisotopic (exact) mass is 267 g/mol. The maximum Gasteiger partial charge on any atom is 0.306 e. The van der Waals surface area contributed by atoms with E-state index >= 15 is 0 Å². The van der Waals surface area contributed by atoms with Crippen LogP contribution >= 0.6 is 0 Å². The van der Waals surface area contributed by atoms with Gasteiger partial charge in [0.05, 0.1) is 18.2 Å². The van der Waals surface area contributed by atoms with Crippen LogP contribution in [0.3, 0.4) is 0 Å². The molecule has 2 rings (SSSR count). The Balaban J connectivity index is 1.68. The number of aliphatic carboxylic acids is 1. The van der Waals surface area contributed by atoms with Crippen molar-refractivity contribution in [3.63, 3.8) is 0 Å². The molecule has 0 bridgehead atoms. The van der Waals surface area contributed by atoms with Crippen LogP contribution in [-0.4, -0.2) is 46.7 Å². The van der Waals surface area contributed by atoms with Gasteiger partial charge in [0.15, 0.2) is 0 Å². The number of nitrogens with one attached hydrogen (secondary N) is 1. The molecule has 1 saturated heterocycles. The molecular weight excluding hydrogens is 250 g/mol. The molecule has 1 aliphatic rings. The maximum atomic E-state index is 11.9. The summed E-state index contributed by atoms with van der Waals surface area (Å²) in [6.07, 6.45) is 2.55. The van der Waals surface area contributed by atoms with E-state index in [9.17, 15) is 9.59 Å². The third-order valence-electron chi connectivity index (χ3n) is 3.27. The first-order valence-electron chi connectivity index (χ1n) is 6.27. The fourth-order valence-electron chi connectivity index (χ4n) is 2.11. The number of aromatic nitrogens is 1. The lowest BCUT2D eigenvalue weighted by Crippen LogP contribution is -2.44. The van der Waals surface area contributed by atoms with Gasteiger partial charge in [0.25, 0.3) is 0 Å². The molecular formula is C12H17N3O4. The van der Waals surface area contributed by atoms with E-state index in [0.717, 1.165) is 5.69 Å². The number of likely N-dealkylation sites (tertiary alicyclic amines) is 1. The lowest BCUT2D eigenvalue weighted by atomic mass is 9.97. The van der Waals surface area contributed by atoms with Crippen molar-refractivity contribution in [2.45, 2.75) is 19.4 Å². The minimum Gasteiger partial charge on any atom is -0.481 e. The van der Waals surface area contributed by atoms with Gasteiger partial charge in [-0.25, -0.2) is 0 Å². The summed E-state index contributed by atoms with van der Waals surface area (Å²) in [7, 11) is 0. The molecule has 0 unspecified atom stereocenters. The Morgan fingerprint density at radius 3 is 2.79 bits per heavy atom. The minimum atomic E-state index is -0.767. The fraction of sp³-hybridized carbons (Fsp3) is 0.583. The first-order chi connectivity index (χ1) is 9.16. The molecule has 2 heterocycles. The van der Waals surface area contributed by atoms with Gasteiger partial charge in [0.2, 0.25) is 5.91 Å². The zero-order valence-electron chi connectivity index (χ0n) is 10.5. The summed E-state index contributed by atoms with van der Waals surface area (Å²) in [6.45, 7) is 1.74. The molecule has 0 aromatic carbocycles. The molecule has 7 heteroatoms. The van der Waals surface area contributed by atoms with E-state index in [-0.39, 0.29) is 18.4 Å². The highest BCUT2D eigenvalue weighted by Gasteiger charge is 2.26. The van der Waals surface area contributed by atoms with Crippen molar-refractivity contribution in [2.75, 3.05) is 19.6 Å². The third-order valence-corrected chi connectivity index (χ3v) is 3.27. The topological polar surface area (TPSA) is 95.7 Å². The summed E-state index contributed by atoms with van der Waals surface area (Å²) >= 11 is 0. The van der Waals surface area contributed by atoms with Crippen LogP contribution < -0.4 is 5.32 Å². The SMILES string of the molecule is O=C(O)C1CCN(C(=O)CNCc2ccon2)CC1. The maximum absolute atomic E-state index is 11.9. The second kappa shape index (κ2) is 6.33. The normalized spacial score (nSPS) is 16.5. The van der Waals surface area contributed by atoms with Crippen LogP contribution in [0, 0.1) is 5.92 Å². The van der Waals surface area contributed by atoms with Crippen molar-refractivity contribution < 1.29 is 19.2 Å². The molecule has 1 fully saturated rings. The average molecular weight is 267 g/mol. The molecule has 19 heavy (non-hydrogen) atoms. The van der Waals surface area contributed by atoms with Gasteiger partial charge >= 0.3 is 5.97 Å². The molecule has 0 saturated carbocycles. The highest BCUT2D eigenvalue weighted by Crippen LogP contribution is 2.17. The highest BCUT2D eigenvalue weighted by molar-refractivity contribution is 5.78. The Labute approximate surface area is 110 Å². The van der Waals surface area contributed by atoms with Crippen LogP contribution in [0.25, 0.3) is 0 Å². The lowest BCUT2D eigenvalue weighted by molar-refractivity contribution is -0.145. The summed E-state index contributed by atoms with van der Waals surface area (Å²) < 4.78 is 4.68. The van der Waals surface area contributed by atoms with Gasteiger partial charge in [-0.3, -0.25) is 9.59 Å². The summed E-state index contributed by atoms with van der Waals surface area (Å²) in [4.78, 5) is 24.4. The standard InChI is InChI=1S/C12H17N3O4/c16-11(8-13-7-10-3-6-19-14-10)15-4-1-9(2-5-15)12(17)18/h3,6,9,13H,1-2,4-5,7-8H2,(H,17,18). The number of carbonyl (C=O) groups excluding carboxylic acids is 1. The summed E-state index contributed by atoms with van der Waals surface area (Å²) in [6, 6.07) is 1.73. The van der Waals surface area contributed by atoms with Gasteiger partial charge < -0.3 is 19.8 Å². The van der Waals surface area contributed by atoms with Crippen molar-refractivity contribution in [1.29, 1.82) is 0 Å². The second-order valence-electron chi connectivity index (χ2n) is 4.59. The minimum absolute atomic E-state index is 0.00710. The molecule has 1 aromatic heterocycles. The molecule has 0 spiro atoms. The van der Waals surface area contributed by atoms with Crippen molar-refractivity contribution >= 4 is 11.9 Å². The van der Waals surface area contributed by atoms with Gasteiger partial charge in [-0.15, -0.1) is 0 Å². The summed E-state index contributed by atoms with van der Waals surface area (Å²) in [5.41, 5.74) is 0.748. The first kappa shape index (κ1) is 13.5. The van der Waals surface area contributed by atoms with E-state index < -0.39 is 5.97 Å². The fourth-order valence-corrected chi connectivity index (χ4v) is 2.11. The van der Waals surface area contributed by atoms with E-state index in [2.05, 4.69) is 15.0 Å². The first-order valence-corrected chi connectivity index (χ1v) is 6.27. The molecule has 2 N–H and O–H groups in total. The summed E-state index contributed by atoms with van der Waals surface area (Å²) in [5, 5.41) is 15.6. The number of amides is 1. The van der Waals surface area contributed by atoms with Gasteiger partial charge in [-0.05, 0) is 12.8 Å². The molecule has 104 valence electrons. The number of nitrogens with zero attached hydrogens (tertiary/aromatic N) is 2. The average Bonchev–Trinajstić information content (AvgIpc) is 2.92. The van der Waals surface area contributed by atoms with Crippen molar-refractivity contribution in [3.05, 3.63) is 18.0 Å². The zero-order valence-corrected chi connectivity index (χ0v) is 10.5. The number of carboxylic acids is 1. The van der Waals surface area contributed by atoms with Crippen LogP contribution in [0.4, 0.5) is 0 Å². The van der Waals surface area contributed by atoms with Crippen molar-refractivity contribution in [1.82, 2.24) is 15.4 Å². The molecule has 1 amide bonds. The Morgan fingerprint density at radius 1 is 1.47 bits per heavy atom. The van der Waals surface area contributed by atoms with E-state index in [1.54, 1.807) is 11.0 Å².